The molecule has 9 heteroatoms. The third-order valence-corrected chi connectivity index (χ3v) is 3.47. The topological polar surface area (TPSA) is 71.5 Å². The van der Waals surface area contributed by atoms with E-state index in [1.165, 1.54) is 35.4 Å². The first kappa shape index (κ1) is 16.7. The molecule has 2 aromatic rings. The van der Waals surface area contributed by atoms with Crippen LogP contribution in [-0.2, 0) is 11.0 Å². The van der Waals surface area contributed by atoms with Gasteiger partial charge in [0.2, 0.25) is 11.8 Å². The lowest BCUT2D eigenvalue weighted by Gasteiger charge is -2.26. The molecule has 0 spiro atoms. The third kappa shape index (κ3) is 3.87. The SMILES string of the molecule is O=C1CCN(c2ccc(Oc3cccc(C(F)(F)F)c3)nc2)C(=O)N1. The van der Waals surface area contributed by atoms with Crippen LogP contribution >= 0.6 is 0 Å². The molecule has 1 N–H and O–H groups in total. The minimum Gasteiger partial charge on any atom is -0.439 e. The molecule has 3 amide bonds. The van der Waals surface area contributed by atoms with Crippen LogP contribution in [0.3, 0.4) is 0 Å². The van der Waals surface area contributed by atoms with Crippen LogP contribution in [0.15, 0.2) is 42.6 Å². The predicted octanol–water partition coefficient (Wildman–Crippen LogP) is 3.34. The average molecular weight is 351 g/mol. The van der Waals surface area contributed by atoms with E-state index < -0.39 is 17.8 Å². The Kier molecular flexibility index (Phi) is 4.30. The highest BCUT2D eigenvalue weighted by Crippen LogP contribution is 2.32. The quantitative estimate of drug-likeness (QED) is 0.921. The van der Waals surface area contributed by atoms with Crippen molar-refractivity contribution in [3.05, 3.63) is 48.2 Å². The van der Waals surface area contributed by atoms with Gasteiger partial charge in [-0.1, -0.05) is 6.07 Å². The van der Waals surface area contributed by atoms with E-state index in [4.69, 9.17) is 4.74 Å². The number of rotatable bonds is 3. The molecule has 6 nitrogen and oxygen atoms in total. The summed E-state index contributed by atoms with van der Waals surface area (Å²) in [4.78, 5) is 28.2. The van der Waals surface area contributed by atoms with E-state index in [0.717, 1.165) is 12.1 Å². The fourth-order valence-corrected chi connectivity index (χ4v) is 2.26. The van der Waals surface area contributed by atoms with Gasteiger partial charge in [-0.2, -0.15) is 13.2 Å². The third-order valence-electron chi connectivity index (χ3n) is 3.47. The van der Waals surface area contributed by atoms with E-state index in [1.54, 1.807) is 0 Å². The van der Waals surface area contributed by atoms with Gasteiger partial charge in [-0.15, -0.1) is 0 Å². The van der Waals surface area contributed by atoms with Gasteiger partial charge in [0.1, 0.15) is 5.75 Å². The molecule has 0 radical (unpaired) electrons. The number of ether oxygens (including phenoxy) is 1. The second-order valence-electron chi connectivity index (χ2n) is 5.24. The number of carbonyl (C=O) groups is 2. The first-order chi connectivity index (χ1) is 11.8. The molecule has 1 aromatic heterocycles. The number of pyridine rings is 1. The van der Waals surface area contributed by atoms with Gasteiger partial charge in [0.15, 0.2) is 0 Å². The maximum absolute atomic E-state index is 12.7. The lowest BCUT2D eigenvalue weighted by atomic mass is 10.2. The van der Waals surface area contributed by atoms with Crippen LogP contribution in [0.2, 0.25) is 0 Å². The molecule has 1 aliphatic rings. The number of benzene rings is 1. The highest BCUT2D eigenvalue weighted by Gasteiger charge is 2.30. The van der Waals surface area contributed by atoms with Gasteiger partial charge in [-0.25, -0.2) is 9.78 Å². The van der Waals surface area contributed by atoms with Crippen molar-refractivity contribution >= 4 is 17.6 Å². The first-order valence-corrected chi connectivity index (χ1v) is 7.25. The summed E-state index contributed by atoms with van der Waals surface area (Å²) in [6.45, 7) is 0.222. The summed E-state index contributed by atoms with van der Waals surface area (Å²) in [6, 6.07) is 6.85. The van der Waals surface area contributed by atoms with Crippen molar-refractivity contribution in [2.75, 3.05) is 11.4 Å². The summed E-state index contributed by atoms with van der Waals surface area (Å²) >= 11 is 0. The number of carbonyl (C=O) groups excluding carboxylic acids is 2. The number of alkyl halides is 3. The van der Waals surface area contributed by atoms with E-state index >= 15 is 0 Å². The van der Waals surface area contributed by atoms with Gasteiger partial charge in [-0.05, 0) is 24.3 Å². The van der Waals surface area contributed by atoms with Crippen molar-refractivity contribution in [1.29, 1.82) is 0 Å². The molecule has 3 rings (SSSR count). The summed E-state index contributed by atoms with van der Waals surface area (Å²) in [6.07, 6.45) is -2.94. The summed E-state index contributed by atoms with van der Waals surface area (Å²) in [7, 11) is 0. The Morgan fingerprint density at radius 3 is 2.60 bits per heavy atom. The maximum atomic E-state index is 12.7. The number of nitrogens with zero attached hydrogens (tertiary/aromatic N) is 2. The van der Waals surface area contributed by atoms with Crippen molar-refractivity contribution in [2.24, 2.45) is 0 Å². The molecule has 2 heterocycles. The molecule has 0 bridgehead atoms. The molecule has 130 valence electrons. The van der Waals surface area contributed by atoms with Crippen LogP contribution in [0.5, 0.6) is 11.6 Å². The van der Waals surface area contributed by atoms with Gasteiger partial charge < -0.3 is 4.74 Å². The van der Waals surface area contributed by atoms with Crippen LogP contribution in [-0.4, -0.2) is 23.5 Å². The lowest BCUT2D eigenvalue weighted by molar-refractivity contribution is -0.137. The second kappa shape index (κ2) is 6.42. The number of urea groups is 1. The van der Waals surface area contributed by atoms with E-state index in [-0.39, 0.29) is 30.5 Å². The van der Waals surface area contributed by atoms with Gasteiger partial charge in [0.25, 0.3) is 0 Å². The van der Waals surface area contributed by atoms with E-state index in [1.807, 2.05) is 0 Å². The Bertz CT molecular complexity index is 806. The Labute approximate surface area is 140 Å². The molecule has 0 saturated carbocycles. The number of nitrogens with one attached hydrogen (secondary N) is 1. The van der Waals surface area contributed by atoms with Gasteiger partial charge in [0.05, 0.1) is 17.4 Å². The Morgan fingerprint density at radius 1 is 1.16 bits per heavy atom. The summed E-state index contributed by atoms with van der Waals surface area (Å²) in [5.41, 5.74) is -0.377. The number of anilines is 1. The van der Waals surface area contributed by atoms with Crippen molar-refractivity contribution in [2.45, 2.75) is 12.6 Å². The Morgan fingerprint density at radius 2 is 1.96 bits per heavy atom. The number of amides is 3. The number of halogens is 3. The van der Waals surface area contributed by atoms with Crippen molar-refractivity contribution < 1.29 is 27.5 Å². The lowest BCUT2D eigenvalue weighted by Crippen LogP contribution is -2.49. The average Bonchev–Trinajstić information content (AvgIpc) is 2.55. The van der Waals surface area contributed by atoms with Gasteiger partial charge in [-0.3, -0.25) is 15.0 Å². The first-order valence-electron chi connectivity index (χ1n) is 7.25. The fourth-order valence-electron chi connectivity index (χ4n) is 2.26. The summed E-state index contributed by atoms with van der Waals surface area (Å²) in [5, 5.41) is 2.19. The van der Waals surface area contributed by atoms with Crippen LogP contribution in [0.25, 0.3) is 0 Å². The highest BCUT2D eigenvalue weighted by molar-refractivity contribution is 6.05. The van der Waals surface area contributed by atoms with Crippen molar-refractivity contribution in [1.82, 2.24) is 10.3 Å². The van der Waals surface area contributed by atoms with Crippen molar-refractivity contribution in [3.8, 4) is 11.6 Å². The van der Waals surface area contributed by atoms with Gasteiger partial charge in [0, 0.05) is 19.0 Å². The minimum atomic E-state index is -4.46. The molecule has 0 atom stereocenters. The zero-order valence-corrected chi connectivity index (χ0v) is 12.7. The van der Waals surface area contributed by atoms with E-state index in [9.17, 15) is 22.8 Å². The normalized spacial score (nSPS) is 15.1. The minimum absolute atomic E-state index is 0.00335. The van der Waals surface area contributed by atoms with Crippen LogP contribution in [0.4, 0.5) is 23.7 Å². The molecule has 1 aromatic carbocycles. The number of imide groups is 1. The Hall–Kier alpha value is -3.10. The number of hydrogen-bond donors (Lipinski definition) is 1. The predicted molar refractivity (Wildman–Crippen MR) is 81.3 cm³/mol. The van der Waals surface area contributed by atoms with E-state index in [2.05, 4.69) is 10.3 Å². The van der Waals surface area contributed by atoms with Gasteiger partial charge >= 0.3 is 12.2 Å². The molecule has 1 fully saturated rings. The molecule has 0 unspecified atom stereocenters. The summed E-state index contributed by atoms with van der Waals surface area (Å²) < 4.78 is 43.4. The van der Waals surface area contributed by atoms with Crippen LogP contribution in [0.1, 0.15) is 12.0 Å². The highest BCUT2D eigenvalue weighted by atomic mass is 19.4. The Balaban J connectivity index is 1.73. The molecule has 25 heavy (non-hydrogen) atoms. The smallest absolute Gasteiger partial charge is 0.416 e. The molecule has 1 aliphatic heterocycles. The maximum Gasteiger partial charge on any atom is 0.416 e. The zero-order valence-electron chi connectivity index (χ0n) is 12.7. The number of aromatic nitrogens is 1. The molecular weight excluding hydrogens is 339 g/mol. The van der Waals surface area contributed by atoms with Crippen molar-refractivity contribution in [3.63, 3.8) is 0 Å². The molecule has 0 aliphatic carbocycles. The van der Waals surface area contributed by atoms with E-state index in [0.29, 0.717) is 5.69 Å². The standard InChI is InChI=1S/C16H12F3N3O3/c17-16(18,19)10-2-1-3-12(8-10)25-14-5-4-11(9-20-14)22-7-6-13(23)21-15(22)24/h1-5,8-9H,6-7H2,(H,21,23,24). The van der Waals surface area contributed by atoms with Crippen LogP contribution in [0, 0.1) is 0 Å². The number of hydrogen-bond acceptors (Lipinski definition) is 4. The summed E-state index contributed by atoms with van der Waals surface area (Å²) in [5.74, 6) is -0.272. The monoisotopic (exact) mass is 351 g/mol. The van der Waals surface area contributed by atoms with Crippen LogP contribution < -0.4 is 15.0 Å². The largest absolute Gasteiger partial charge is 0.439 e. The zero-order chi connectivity index (χ0) is 18.0. The fraction of sp³-hybridized carbons (Fsp3) is 0.188. The second-order valence-corrected chi connectivity index (χ2v) is 5.24. The molecule has 1 saturated heterocycles. The molecular formula is C16H12F3N3O3.